The number of rotatable bonds is 4. The van der Waals surface area contributed by atoms with E-state index in [2.05, 4.69) is 5.32 Å². The molecule has 118 valence electrons. The highest BCUT2D eigenvalue weighted by Gasteiger charge is 2.15. The number of carbonyl (C=O) groups excluding carboxylic acids is 1. The van der Waals surface area contributed by atoms with Crippen LogP contribution in [-0.2, 0) is 13.6 Å². The Kier molecular flexibility index (Phi) is 4.06. The van der Waals surface area contributed by atoms with Crippen LogP contribution in [-0.4, -0.2) is 17.6 Å². The van der Waals surface area contributed by atoms with Gasteiger partial charge in [0.15, 0.2) is 0 Å². The molecule has 4 nitrogen and oxygen atoms in total. The van der Waals surface area contributed by atoms with Gasteiger partial charge in [0.1, 0.15) is 11.4 Å². The standard InChI is InChI=1S/C19H20N2O2/c1-13-7-4-5-8-14(13)12-20-19(22)17-11-15-16(21(17)2)9-6-10-18(15)23-3/h4-11H,12H2,1-3H3,(H,20,22). The lowest BCUT2D eigenvalue weighted by molar-refractivity contribution is 0.0943. The van der Waals surface area contributed by atoms with E-state index in [1.807, 2.05) is 67.1 Å². The highest BCUT2D eigenvalue weighted by molar-refractivity contribution is 6.00. The van der Waals surface area contributed by atoms with E-state index in [1.54, 1.807) is 7.11 Å². The average molecular weight is 308 g/mol. The monoisotopic (exact) mass is 308 g/mol. The Hall–Kier alpha value is -2.75. The van der Waals surface area contributed by atoms with Crippen LogP contribution >= 0.6 is 0 Å². The summed E-state index contributed by atoms with van der Waals surface area (Å²) in [6.45, 7) is 2.56. The minimum atomic E-state index is -0.0889. The van der Waals surface area contributed by atoms with Crippen LogP contribution in [0.3, 0.4) is 0 Å². The van der Waals surface area contributed by atoms with Crippen molar-refractivity contribution >= 4 is 16.8 Å². The maximum absolute atomic E-state index is 12.5. The van der Waals surface area contributed by atoms with Crippen molar-refractivity contribution in [1.82, 2.24) is 9.88 Å². The Morgan fingerprint density at radius 3 is 2.70 bits per heavy atom. The molecule has 0 radical (unpaired) electrons. The van der Waals surface area contributed by atoms with E-state index in [-0.39, 0.29) is 5.91 Å². The van der Waals surface area contributed by atoms with Gasteiger partial charge in [0.2, 0.25) is 0 Å². The number of amides is 1. The third kappa shape index (κ3) is 2.80. The number of ether oxygens (including phenoxy) is 1. The zero-order valence-electron chi connectivity index (χ0n) is 13.6. The first kappa shape index (κ1) is 15.2. The first-order chi connectivity index (χ1) is 11.1. The summed E-state index contributed by atoms with van der Waals surface area (Å²) in [5, 5.41) is 3.94. The van der Waals surface area contributed by atoms with Crippen LogP contribution in [0.5, 0.6) is 5.75 Å². The minimum absolute atomic E-state index is 0.0889. The molecule has 0 fully saturated rings. The average Bonchev–Trinajstić information content (AvgIpc) is 2.91. The second-order valence-electron chi connectivity index (χ2n) is 5.59. The van der Waals surface area contributed by atoms with E-state index in [9.17, 15) is 4.79 Å². The third-order valence-corrected chi connectivity index (χ3v) is 4.20. The number of nitrogens with one attached hydrogen (secondary N) is 1. The highest BCUT2D eigenvalue weighted by atomic mass is 16.5. The lowest BCUT2D eigenvalue weighted by Gasteiger charge is -2.08. The zero-order valence-corrected chi connectivity index (χ0v) is 13.6. The van der Waals surface area contributed by atoms with Gasteiger partial charge in [-0.3, -0.25) is 4.79 Å². The SMILES string of the molecule is COc1cccc2c1cc(C(=O)NCc1ccccc1C)n2C. The van der Waals surface area contributed by atoms with E-state index in [0.717, 1.165) is 22.2 Å². The van der Waals surface area contributed by atoms with Gasteiger partial charge in [-0.1, -0.05) is 30.3 Å². The number of hydrogen-bond donors (Lipinski definition) is 1. The summed E-state index contributed by atoms with van der Waals surface area (Å²) in [5.41, 5.74) is 3.90. The highest BCUT2D eigenvalue weighted by Crippen LogP contribution is 2.28. The molecule has 0 aliphatic carbocycles. The number of benzene rings is 2. The van der Waals surface area contributed by atoms with E-state index in [1.165, 1.54) is 5.56 Å². The van der Waals surface area contributed by atoms with Crippen molar-refractivity contribution in [3.8, 4) is 5.75 Å². The lowest BCUT2D eigenvalue weighted by atomic mass is 10.1. The summed E-state index contributed by atoms with van der Waals surface area (Å²) in [7, 11) is 3.53. The molecule has 3 rings (SSSR count). The molecule has 1 amide bonds. The second-order valence-corrected chi connectivity index (χ2v) is 5.59. The van der Waals surface area contributed by atoms with E-state index in [4.69, 9.17) is 4.74 Å². The molecule has 23 heavy (non-hydrogen) atoms. The fraction of sp³-hybridized carbons (Fsp3) is 0.211. The van der Waals surface area contributed by atoms with Crippen molar-refractivity contribution in [2.75, 3.05) is 7.11 Å². The molecular weight excluding hydrogens is 288 g/mol. The molecule has 1 aromatic heterocycles. The molecule has 2 aromatic carbocycles. The van der Waals surface area contributed by atoms with Crippen molar-refractivity contribution < 1.29 is 9.53 Å². The summed E-state index contributed by atoms with van der Waals surface area (Å²) >= 11 is 0. The fourth-order valence-corrected chi connectivity index (χ4v) is 2.80. The number of carbonyl (C=O) groups is 1. The predicted octanol–water partition coefficient (Wildman–Crippen LogP) is 3.43. The third-order valence-electron chi connectivity index (χ3n) is 4.20. The molecule has 0 atom stereocenters. The first-order valence-electron chi connectivity index (χ1n) is 7.57. The fourth-order valence-electron chi connectivity index (χ4n) is 2.80. The van der Waals surface area contributed by atoms with Crippen LogP contribution in [0.1, 0.15) is 21.6 Å². The van der Waals surface area contributed by atoms with Crippen LogP contribution in [0.2, 0.25) is 0 Å². The molecule has 0 unspecified atom stereocenters. The Morgan fingerprint density at radius 2 is 1.96 bits per heavy atom. The number of aryl methyl sites for hydroxylation is 2. The molecule has 0 saturated heterocycles. The summed E-state index contributed by atoms with van der Waals surface area (Å²) < 4.78 is 7.27. The van der Waals surface area contributed by atoms with Crippen LogP contribution in [0, 0.1) is 6.92 Å². The van der Waals surface area contributed by atoms with Gasteiger partial charge in [-0.2, -0.15) is 0 Å². The Labute approximate surface area is 135 Å². The number of aromatic nitrogens is 1. The van der Waals surface area contributed by atoms with Crippen molar-refractivity contribution in [2.24, 2.45) is 7.05 Å². The minimum Gasteiger partial charge on any atom is -0.496 e. The molecule has 0 spiro atoms. The van der Waals surface area contributed by atoms with Crippen LogP contribution in [0.25, 0.3) is 10.9 Å². The smallest absolute Gasteiger partial charge is 0.268 e. The molecule has 1 N–H and O–H groups in total. The van der Waals surface area contributed by atoms with Crippen molar-refractivity contribution in [3.05, 3.63) is 65.4 Å². The molecule has 0 saturated carbocycles. The van der Waals surface area contributed by atoms with Gasteiger partial charge in [0.25, 0.3) is 5.91 Å². The number of nitrogens with zero attached hydrogens (tertiary/aromatic N) is 1. The maximum atomic E-state index is 12.5. The van der Waals surface area contributed by atoms with Crippen LogP contribution in [0.4, 0.5) is 0 Å². The summed E-state index contributed by atoms with van der Waals surface area (Å²) in [6, 6.07) is 15.7. The van der Waals surface area contributed by atoms with Gasteiger partial charge in [0, 0.05) is 19.0 Å². The van der Waals surface area contributed by atoms with Crippen molar-refractivity contribution in [3.63, 3.8) is 0 Å². The Morgan fingerprint density at radius 1 is 1.17 bits per heavy atom. The quantitative estimate of drug-likeness (QED) is 0.802. The molecule has 0 aliphatic rings. The maximum Gasteiger partial charge on any atom is 0.268 e. The molecule has 4 heteroatoms. The summed E-state index contributed by atoms with van der Waals surface area (Å²) in [4.78, 5) is 12.5. The van der Waals surface area contributed by atoms with E-state index >= 15 is 0 Å². The van der Waals surface area contributed by atoms with Gasteiger partial charge in [-0.25, -0.2) is 0 Å². The molecular formula is C19H20N2O2. The first-order valence-corrected chi connectivity index (χ1v) is 7.57. The topological polar surface area (TPSA) is 43.3 Å². The van der Waals surface area contributed by atoms with Crippen molar-refractivity contribution in [2.45, 2.75) is 13.5 Å². The van der Waals surface area contributed by atoms with Gasteiger partial charge in [-0.15, -0.1) is 0 Å². The van der Waals surface area contributed by atoms with Gasteiger partial charge in [0.05, 0.1) is 12.6 Å². The summed E-state index contributed by atoms with van der Waals surface area (Å²) in [5.74, 6) is 0.685. The Balaban J connectivity index is 1.87. The van der Waals surface area contributed by atoms with Gasteiger partial charge >= 0.3 is 0 Å². The number of hydrogen-bond acceptors (Lipinski definition) is 2. The lowest BCUT2D eigenvalue weighted by Crippen LogP contribution is -2.25. The van der Waals surface area contributed by atoms with Crippen LogP contribution in [0.15, 0.2) is 48.5 Å². The molecule has 0 aliphatic heterocycles. The Bertz CT molecular complexity index is 865. The van der Waals surface area contributed by atoms with Crippen molar-refractivity contribution in [1.29, 1.82) is 0 Å². The molecule has 1 heterocycles. The number of methoxy groups -OCH3 is 1. The molecule has 0 bridgehead atoms. The van der Waals surface area contributed by atoms with Gasteiger partial charge < -0.3 is 14.6 Å². The number of fused-ring (bicyclic) bond motifs is 1. The van der Waals surface area contributed by atoms with E-state index in [0.29, 0.717) is 12.2 Å². The second kappa shape index (κ2) is 6.16. The summed E-state index contributed by atoms with van der Waals surface area (Å²) in [6.07, 6.45) is 0. The van der Waals surface area contributed by atoms with Crippen LogP contribution < -0.4 is 10.1 Å². The normalized spacial score (nSPS) is 10.7. The largest absolute Gasteiger partial charge is 0.496 e. The predicted molar refractivity (Wildman–Crippen MR) is 91.8 cm³/mol. The van der Waals surface area contributed by atoms with E-state index < -0.39 is 0 Å². The zero-order chi connectivity index (χ0) is 16.4. The van der Waals surface area contributed by atoms with Gasteiger partial charge in [-0.05, 0) is 36.2 Å². The molecule has 3 aromatic rings.